The lowest BCUT2D eigenvalue weighted by atomic mass is 9.93. The van der Waals surface area contributed by atoms with E-state index in [1.54, 1.807) is 18.3 Å². The van der Waals surface area contributed by atoms with Crippen molar-refractivity contribution < 1.29 is 18.0 Å². The van der Waals surface area contributed by atoms with Crippen molar-refractivity contribution in [2.45, 2.75) is 38.4 Å². The van der Waals surface area contributed by atoms with Crippen molar-refractivity contribution in [3.63, 3.8) is 0 Å². The summed E-state index contributed by atoms with van der Waals surface area (Å²) in [7, 11) is 0. The fraction of sp³-hybridized carbons (Fsp3) is 0.261. The Kier molecular flexibility index (Phi) is 5.64. The number of amides is 1. The Bertz CT molecular complexity index is 1350. The Labute approximate surface area is 196 Å². The van der Waals surface area contributed by atoms with Gasteiger partial charge < -0.3 is 5.32 Å². The highest BCUT2D eigenvalue weighted by Gasteiger charge is 2.31. The zero-order valence-corrected chi connectivity index (χ0v) is 18.8. The number of alkyl halides is 3. The first-order chi connectivity index (χ1) is 16.3. The van der Waals surface area contributed by atoms with E-state index in [0.717, 1.165) is 29.8 Å². The zero-order chi connectivity index (χ0) is 23.9. The van der Waals surface area contributed by atoms with Gasteiger partial charge in [-0.1, -0.05) is 12.1 Å². The molecule has 0 bridgehead atoms. The molecule has 0 spiro atoms. The number of carbonyl (C=O) groups is 1. The van der Waals surface area contributed by atoms with Gasteiger partial charge in [0.15, 0.2) is 5.82 Å². The monoisotopic (exact) mass is 484 g/mol. The van der Waals surface area contributed by atoms with E-state index in [-0.39, 0.29) is 17.6 Å². The van der Waals surface area contributed by atoms with Gasteiger partial charge in [0.2, 0.25) is 5.82 Å². The molecule has 1 atom stereocenters. The van der Waals surface area contributed by atoms with Gasteiger partial charge in [0.25, 0.3) is 5.91 Å². The highest BCUT2D eigenvalue weighted by Crippen LogP contribution is 2.32. The number of hydrogen-bond donors (Lipinski definition) is 1. The predicted octanol–water partition coefficient (Wildman–Crippen LogP) is 4.40. The number of carbonyl (C=O) groups excluding carboxylic acids is 1. The van der Waals surface area contributed by atoms with Crippen molar-refractivity contribution in [1.29, 1.82) is 0 Å². The number of nitrogens with one attached hydrogen (secondary N) is 1. The molecule has 0 fully saturated rings. The first kappa shape index (κ1) is 22.2. The van der Waals surface area contributed by atoms with Gasteiger partial charge in [0, 0.05) is 17.9 Å². The van der Waals surface area contributed by atoms with Crippen LogP contribution < -0.4 is 5.32 Å². The number of fused-ring (bicyclic) bond motifs is 1. The first-order valence-electron chi connectivity index (χ1n) is 10.6. The molecule has 174 valence electrons. The summed E-state index contributed by atoms with van der Waals surface area (Å²) < 4.78 is 41.1. The molecule has 1 N–H and O–H groups in total. The van der Waals surface area contributed by atoms with Crippen molar-refractivity contribution in [3.8, 4) is 16.4 Å². The molecule has 0 aliphatic heterocycles. The Hall–Kier alpha value is -3.60. The highest BCUT2D eigenvalue weighted by molar-refractivity contribution is 7.13. The van der Waals surface area contributed by atoms with Gasteiger partial charge in [0.05, 0.1) is 16.1 Å². The van der Waals surface area contributed by atoms with Crippen LogP contribution in [0.1, 0.15) is 39.7 Å². The Morgan fingerprint density at radius 3 is 2.82 bits per heavy atom. The Morgan fingerprint density at radius 2 is 2.06 bits per heavy atom. The summed E-state index contributed by atoms with van der Waals surface area (Å²) in [4.78, 5) is 26.8. The molecular weight excluding hydrogens is 465 g/mol. The van der Waals surface area contributed by atoms with Crippen molar-refractivity contribution >= 4 is 17.2 Å². The maximum Gasteiger partial charge on any atom is 0.416 e. The Morgan fingerprint density at radius 1 is 1.21 bits per heavy atom. The summed E-state index contributed by atoms with van der Waals surface area (Å²) in [5.74, 6) is 0.431. The largest absolute Gasteiger partial charge is 0.416 e. The maximum absolute atomic E-state index is 13.3. The van der Waals surface area contributed by atoms with Gasteiger partial charge in [0.1, 0.15) is 5.82 Å². The first-order valence-corrected chi connectivity index (χ1v) is 11.5. The van der Waals surface area contributed by atoms with Crippen LogP contribution in [0, 0.1) is 6.92 Å². The number of nitrogens with zero attached hydrogens (tertiary/aromatic N) is 5. The van der Waals surface area contributed by atoms with E-state index in [2.05, 4.69) is 25.4 Å². The van der Waals surface area contributed by atoms with Crippen LogP contribution in [0.15, 0.2) is 48.0 Å². The lowest BCUT2D eigenvalue weighted by Gasteiger charge is -2.24. The van der Waals surface area contributed by atoms with Crippen LogP contribution in [0.2, 0.25) is 0 Å². The van der Waals surface area contributed by atoms with Crippen LogP contribution in [0.5, 0.6) is 0 Å². The molecule has 7 nitrogen and oxygen atoms in total. The average Bonchev–Trinajstić information content (AvgIpc) is 3.49. The molecule has 0 saturated carbocycles. The third-order valence-electron chi connectivity index (χ3n) is 5.58. The minimum absolute atomic E-state index is 0.105. The van der Waals surface area contributed by atoms with Crippen molar-refractivity contribution in [2.24, 2.45) is 0 Å². The highest BCUT2D eigenvalue weighted by atomic mass is 32.1. The molecular formula is C23H19F3N6OS. The Balaban J connectivity index is 1.44. The van der Waals surface area contributed by atoms with Gasteiger partial charge in [-0.2, -0.15) is 13.2 Å². The second-order valence-corrected chi connectivity index (χ2v) is 8.95. The zero-order valence-electron chi connectivity index (χ0n) is 18.0. The summed E-state index contributed by atoms with van der Waals surface area (Å²) in [5, 5.41) is 9.07. The molecule has 4 aromatic rings. The number of aryl methyl sites for hydroxylation is 2. The van der Waals surface area contributed by atoms with Crippen molar-refractivity contribution in [1.82, 2.24) is 30.0 Å². The second kappa shape index (κ2) is 8.64. The quantitative estimate of drug-likeness (QED) is 0.464. The summed E-state index contributed by atoms with van der Waals surface area (Å²) in [6.07, 6.45) is -0.699. The van der Waals surface area contributed by atoms with E-state index in [0.29, 0.717) is 29.4 Å². The lowest BCUT2D eigenvalue weighted by Crippen LogP contribution is -2.39. The van der Waals surface area contributed by atoms with E-state index in [9.17, 15) is 18.0 Å². The summed E-state index contributed by atoms with van der Waals surface area (Å²) >= 11 is 1.36. The van der Waals surface area contributed by atoms with Crippen LogP contribution in [0.4, 0.5) is 13.2 Å². The van der Waals surface area contributed by atoms with Gasteiger partial charge in [-0.25, -0.2) is 19.6 Å². The summed E-state index contributed by atoms with van der Waals surface area (Å²) in [6, 6.07) is 8.23. The van der Waals surface area contributed by atoms with Crippen LogP contribution in [-0.2, 0) is 19.0 Å². The topological polar surface area (TPSA) is 85.6 Å². The lowest BCUT2D eigenvalue weighted by molar-refractivity contribution is -0.137. The van der Waals surface area contributed by atoms with Crippen molar-refractivity contribution in [3.05, 3.63) is 76.4 Å². The normalized spacial score (nSPS) is 15.7. The van der Waals surface area contributed by atoms with Gasteiger partial charge in [-0.3, -0.25) is 4.79 Å². The van der Waals surface area contributed by atoms with Crippen LogP contribution in [0.25, 0.3) is 16.4 Å². The molecule has 3 heterocycles. The molecule has 0 radical (unpaired) electrons. The molecule has 3 aromatic heterocycles. The molecule has 1 unspecified atom stereocenters. The van der Waals surface area contributed by atoms with Gasteiger partial charge >= 0.3 is 6.18 Å². The minimum Gasteiger partial charge on any atom is -0.346 e. The average molecular weight is 485 g/mol. The smallest absolute Gasteiger partial charge is 0.346 e. The second-order valence-electron chi connectivity index (χ2n) is 8.00. The van der Waals surface area contributed by atoms with E-state index < -0.39 is 17.6 Å². The van der Waals surface area contributed by atoms with Gasteiger partial charge in [-0.15, -0.1) is 16.4 Å². The van der Waals surface area contributed by atoms with Crippen LogP contribution in [0.3, 0.4) is 0 Å². The summed E-state index contributed by atoms with van der Waals surface area (Å²) in [5.41, 5.74) is 1.35. The fourth-order valence-electron chi connectivity index (χ4n) is 3.95. The van der Waals surface area contributed by atoms with Crippen LogP contribution in [-0.4, -0.2) is 36.7 Å². The molecule has 34 heavy (non-hydrogen) atoms. The minimum atomic E-state index is -4.50. The number of benzene rings is 1. The number of halogens is 3. The van der Waals surface area contributed by atoms with E-state index in [1.807, 2.05) is 12.3 Å². The molecule has 0 saturated heterocycles. The maximum atomic E-state index is 13.3. The number of thiophene rings is 1. The molecule has 1 aliphatic rings. The van der Waals surface area contributed by atoms with E-state index in [4.69, 9.17) is 0 Å². The fourth-order valence-corrected chi connectivity index (χ4v) is 4.65. The van der Waals surface area contributed by atoms with Crippen molar-refractivity contribution in [2.75, 3.05) is 0 Å². The molecule has 1 aliphatic carbocycles. The molecule has 11 heteroatoms. The molecule has 1 aromatic carbocycles. The van der Waals surface area contributed by atoms with Crippen LogP contribution >= 0.6 is 11.3 Å². The molecule has 1 amide bonds. The number of aromatic nitrogens is 5. The summed E-state index contributed by atoms with van der Waals surface area (Å²) in [6.45, 7) is 1.84. The number of hydrogen-bond acceptors (Lipinski definition) is 6. The molecule has 5 rings (SSSR count). The van der Waals surface area contributed by atoms with Gasteiger partial charge in [-0.05, 0) is 61.4 Å². The van der Waals surface area contributed by atoms with E-state index in [1.165, 1.54) is 28.2 Å². The number of rotatable bonds is 4. The predicted molar refractivity (Wildman–Crippen MR) is 120 cm³/mol. The third-order valence-corrected chi connectivity index (χ3v) is 6.44. The SMILES string of the molecule is Cc1ncc2c(n1)CCC(NC(=O)c1nc(-c3cccs3)n(-c3cccc(C(F)(F)F)c3)n1)C2. The standard InChI is InChI=1S/C23H19F3N6OS/c1-13-27-12-14-10-16(7-8-18(14)28-13)29-22(33)20-30-21(19-6-3-9-34-19)32(31-20)17-5-2-4-15(11-17)23(24,25)26/h2-6,9,11-12,16H,7-8,10H2,1H3,(H,29,33). The third kappa shape index (κ3) is 4.43. The van der Waals surface area contributed by atoms with E-state index >= 15 is 0 Å².